The number of nitrogens with zero attached hydrogens (tertiary/aromatic N) is 4. The van der Waals surface area contributed by atoms with Crippen LogP contribution in [0.4, 0.5) is 4.39 Å². The molecule has 1 aromatic carbocycles. The van der Waals surface area contributed by atoms with Crippen molar-refractivity contribution >= 4 is 22.2 Å². The van der Waals surface area contributed by atoms with Gasteiger partial charge < -0.3 is 9.64 Å². The number of piperazine rings is 1. The van der Waals surface area contributed by atoms with E-state index in [0.717, 1.165) is 18.8 Å². The third kappa shape index (κ3) is 4.85. The summed E-state index contributed by atoms with van der Waals surface area (Å²) in [5, 5.41) is 1.85. The summed E-state index contributed by atoms with van der Waals surface area (Å²) in [6.45, 7) is 3.67. The van der Waals surface area contributed by atoms with Crippen molar-refractivity contribution in [1.29, 1.82) is 0 Å². The van der Waals surface area contributed by atoms with Gasteiger partial charge in [0, 0.05) is 56.8 Å². The molecule has 4 rings (SSSR count). The van der Waals surface area contributed by atoms with Gasteiger partial charge in [0.2, 0.25) is 5.91 Å². The van der Waals surface area contributed by atoms with Gasteiger partial charge in [-0.2, -0.15) is 0 Å². The van der Waals surface area contributed by atoms with Crippen LogP contribution in [0.3, 0.4) is 0 Å². The first-order chi connectivity index (χ1) is 14.6. The Labute approximate surface area is 177 Å². The quantitative estimate of drug-likeness (QED) is 0.539. The Balaban J connectivity index is 1.20. The van der Waals surface area contributed by atoms with E-state index in [9.17, 15) is 14.0 Å². The van der Waals surface area contributed by atoms with E-state index in [1.165, 1.54) is 17.4 Å². The Morgan fingerprint density at radius 3 is 2.80 bits per heavy atom. The molecule has 30 heavy (non-hydrogen) atoms. The van der Waals surface area contributed by atoms with Crippen LogP contribution in [-0.4, -0.2) is 57.9 Å². The van der Waals surface area contributed by atoms with Gasteiger partial charge in [-0.3, -0.25) is 18.9 Å². The average molecular weight is 431 g/mol. The van der Waals surface area contributed by atoms with Gasteiger partial charge >= 0.3 is 0 Å². The lowest BCUT2D eigenvalue weighted by Crippen LogP contribution is -2.48. The molecule has 0 radical (unpaired) electrons. The number of benzene rings is 1. The number of thiazole rings is 1. The molecule has 0 N–H and O–H groups in total. The Bertz CT molecular complexity index is 1080. The van der Waals surface area contributed by atoms with Crippen LogP contribution < -0.4 is 10.3 Å². The smallest absolute Gasteiger partial charge is 0.258 e. The van der Waals surface area contributed by atoms with Gasteiger partial charge in [-0.1, -0.05) is 12.1 Å². The van der Waals surface area contributed by atoms with Crippen LogP contribution >= 0.6 is 11.3 Å². The molecule has 0 unspecified atom stereocenters. The van der Waals surface area contributed by atoms with Gasteiger partial charge in [0.15, 0.2) is 16.5 Å². The fraction of sp³-hybridized carbons (Fsp3) is 0.381. The predicted molar refractivity (Wildman–Crippen MR) is 112 cm³/mol. The van der Waals surface area contributed by atoms with Crippen molar-refractivity contribution in [2.24, 2.45) is 0 Å². The molecule has 1 amide bonds. The minimum absolute atomic E-state index is 0.0670. The van der Waals surface area contributed by atoms with Crippen LogP contribution in [0.1, 0.15) is 18.5 Å². The second kappa shape index (κ2) is 9.36. The number of para-hydroxylation sites is 1. The molecule has 7 nitrogen and oxygen atoms in total. The summed E-state index contributed by atoms with van der Waals surface area (Å²) in [5.41, 5.74) is 0.690. The minimum Gasteiger partial charge on any atom is -0.491 e. The van der Waals surface area contributed by atoms with Crippen LogP contribution in [0.2, 0.25) is 0 Å². The van der Waals surface area contributed by atoms with Gasteiger partial charge in [0.05, 0.1) is 12.3 Å². The summed E-state index contributed by atoms with van der Waals surface area (Å²) in [7, 11) is 0. The Hall–Kier alpha value is -2.78. The molecule has 0 aliphatic carbocycles. The number of aromatic nitrogens is 2. The molecule has 1 aliphatic rings. The van der Waals surface area contributed by atoms with Crippen molar-refractivity contribution in [3.63, 3.8) is 0 Å². The number of rotatable bonds is 7. The number of carbonyl (C=O) groups excluding carboxylic acids is 1. The molecule has 0 bridgehead atoms. The number of halogens is 1. The first kappa shape index (κ1) is 20.5. The fourth-order valence-corrected chi connectivity index (χ4v) is 4.22. The summed E-state index contributed by atoms with van der Waals surface area (Å²) in [4.78, 5) is 33.8. The lowest BCUT2D eigenvalue weighted by molar-refractivity contribution is -0.133. The summed E-state index contributed by atoms with van der Waals surface area (Å²) in [6, 6.07) is 7.84. The molecule has 3 heterocycles. The first-order valence-electron chi connectivity index (χ1n) is 9.93. The highest BCUT2D eigenvalue weighted by atomic mass is 32.1. The topological polar surface area (TPSA) is 67.2 Å². The van der Waals surface area contributed by atoms with Gasteiger partial charge in [0.1, 0.15) is 0 Å². The molecule has 0 atom stereocenters. The van der Waals surface area contributed by atoms with E-state index in [2.05, 4.69) is 9.88 Å². The number of amides is 1. The largest absolute Gasteiger partial charge is 0.491 e. The summed E-state index contributed by atoms with van der Waals surface area (Å²) < 4.78 is 20.5. The zero-order chi connectivity index (χ0) is 20.9. The molecule has 1 saturated heterocycles. The van der Waals surface area contributed by atoms with Crippen LogP contribution in [0.15, 0.2) is 46.7 Å². The highest BCUT2D eigenvalue weighted by Crippen LogP contribution is 2.16. The molecule has 1 fully saturated rings. The summed E-state index contributed by atoms with van der Waals surface area (Å²) in [5.74, 6) is -0.0916. The molecule has 0 spiro atoms. The van der Waals surface area contributed by atoms with Crippen molar-refractivity contribution in [3.05, 3.63) is 63.8 Å². The number of hydrogen-bond acceptors (Lipinski definition) is 6. The van der Waals surface area contributed by atoms with Gasteiger partial charge in [-0.25, -0.2) is 9.37 Å². The molecular formula is C21H23FN4O3S. The highest BCUT2D eigenvalue weighted by molar-refractivity contribution is 7.15. The Kier molecular flexibility index (Phi) is 6.39. The van der Waals surface area contributed by atoms with Gasteiger partial charge in [-0.05, 0) is 18.6 Å². The van der Waals surface area contributed by atoms with Crippen LogP contribution in [0.25, 0.3) is 4.96 Å². The van der Waals surface area contributed by atoms with Crippen molar-refractivity contribution in [1.82, 2.24) is 19.2 Å². The van der Waals surface area contributed by atoms with Gasteiger partial charge in [0.25, 0.3) is 5.56 Å². The minimum atomic E-state index is -0.393. The maximum absolute atomic E-state index is 13.5. The molecule has 2 aromatic heterocycles. The lowest BCUT2D eigenvalue weighted by Gasteiger charge is -2.34. The highest BCUT2D eigenvalue weighted by Gasteiger charge is 2.21. The zero-order valence-corrected chi connectivity index (χ0v) is 17.3. The van der Waals surface area contributed by atoms with Crippen molar-refractivity contribution in [2.75, 3.05) is 32.8 Å². The molecule has 9 heteroatoms. The van der Waals surface area contributed by atoms with Crippen LogP contribution in [-0.2, 0) is 11.3 Å². The molecule has 0 saturated carbocycles. The SMILES string of the molecule is O=C(CCCOc1ccccc1F)N1CCN(Cc2cc(=O)n3ccsc3n2)CC1. The number of fused-ring (bicyclic) bond motifs is 1. The van der Waals surface area contributed by atoms with E-state index in [-0.39, 0.29) is 17.2 Å². The van der Waals surface area contributed by atoms with E-state index in [1.54, 1.807) is 34.9 Å². The Morgan fingerprint density at radius 2 is 2.00 bits per heavy atom. The third-order valence-corrected chi connectivity index (χ3v) is 5.85. The predicted octanol–water partition coefficient (Wildman–Crippen LogP) is 2.40. The average Bonchev–Trinajstić information content (AvgIpc) is 3.22. The van der Waals surface area contributed by atoms with E-state index in [4.69, 9.17) is 4.74 Å². The van der Waals surface area contributed by atoms with Crippen LogP contribution in [0.5, 0.6) is 5.75 Å². The second-order valence-corrected chi connectivity index (χ2v) is 8.05. The van der Waals surface area contributed by atoms with E-state index in [1.807, 2.05) is 10.3 Å². The second-order valence-electron chi connectivity index (χ2n) is 7.18. The van der Waals surface area contributed by atoms with Gasteiger partial charge in [-0.15, -0.1) is 11.3 Å². The lowest BCUT2D eigenvalue weighted by atomic mass is 10.2. The molecular weight excluding hydrogens is 407 g/mol. The molecule has 1 aliphatic heterocycles. The monoisotopic (exact) mass is 430 g/mol. The number of carbonyl (C=O) groups is 1. The zero-order valence-electron chi connectivity index (χ0n) is 16.5. The van der Waals surface area contributed by atoms with Crippen molar-refractivity contribution in [2.45, 2.75) is 19.4 Å². The normalized spacial score (nSPS) is 14.9. The maximum Gasteiger partial charge on any atom is 0.258 e. The van der Waals surface area contributed by atoms with Crippen LogP contribution in [0, 0.1) is 5.82 Å². The molecule has 3 aromatic rings. The summed E-state index contributed by atoms with van der Waals surface area (Å²) >= 11 is 1.44. The molecule has 158 valence electrons. The fourth-order valence-electron chi connectivity index (χ4n) is 3.48. The van der Waals surface area contributed by atoms with E-state index in [0.29, 0.717) is 44.0 Å². The Morgan fingerprint density at radius 1 is 1.20 bits per heavy atom. The van der Waals surface area contributed by atoms with E-state index >= 15 is 0 Å². The third-order valence-electron chi connectivity index (χ3n) is 5.10. The first-order valence-corrected chi connectivity index (χ1v) is 10.8. The standard InChI is InChI=1S/C21H23FN4O3S/c22-17-4-1-2-5-18(17)29-12-3-6-19(27)25-9-7-24(8-10-25)15-16-14-20(28)26-11-13-30-21(26)23-16/h1-2,4-5,11,13-14H,3,6-10,12,15H2. The van der Waals surface area contributed by atoms with Crippen molar-refractivity contribution in [3.8, 4) is 5.75 Å². The number of ether oxygens (including phenoxy) is 1. The number of hydrogen-bond donors (Lipinski definition) is 0. The van der Waals surface area contributed by atoms with E-state index < -0.39 is 5.82 Å². The summed E-state index contributed by atoms with van der Waals surface area (Å²) in [6.07, 6.45) is 2.65. The maximum atomic E-state index is 13.5. The van der Waals surface area contributed by atoms with Crippen molar-refractivity contribution < 1.29 is 13.9 Å².